The number of benzene rings is 1. The number of hydrogen-bond acceptors (Lipinski definition) is 12. The van der Waals surface area contributed by atoms with Crippen LogP contribution in [0.1, 0.15) is 30.2 Å². The predicted octanol–water partition coefficient (Wildman–Crippen LogP) is 1.05. The first-order chi connectivity index (χ1) is 17.5. The molecule has 0 spiro atoms. The number of aromatic nitrogens is 1. The van der Waals surface area contributed by atoms with E-state index in [2.05, 4.69) is 26.4 Å². The maximum absolute atomic E-state index is 13.0. The molecular weight excluding hydrogens is 526 g/mol. The van der Waals surface area contributed by atoms with Gasteiger partial charge in [0.25, 0.3) is 5.91 Å². The minimum atomic E-state index is -4.86. The largest absolute Gasteiger partial charge is 0.490 e. The number of hydrogen-bond donors (Lipinski definition) is 2. The van der Waals surface area contributed by atoms with E-state index in [0.29, 0.717) is 10.8 Å². The minimum Gasteiger partial charge on any atom is -0.490 e. The van der Waals surface area contributed by atoms with Crippen molar-refractivity contribution >= 4 is 44.3 Å². The number of oxime groups is 1. The number of carbonyl (C=O) groups is 2. The van der Waals surface area contributed by atoms with Crippen molar-refractivity contribution in [3.63, 3.8) is 0 Å². The van der Waals surface area contributed by atoms with Crippen LogP contribution in [0.3, 0.4) is 0 Å². The maximum Gasteiger partial charge on any atom is 0.418 e. The number of ketones is 1. The molecule has 2 aliphatic rings. The van der Waals surface area contributed by atoms with Crippen LogP contribution in [0.15, 0.2) is 28.7 Å². The molecule has 1 aromatic carbocycles. The lowest BCUT2D eigenvalue weighted by molar-refractivity contribution is -0.204. The SMILES string of the molecule is C[C@H]1[C@H](CC(=O)/C(=N\OCCOc2ccc3c(c2)CCN(C)C3)c2csc(N)n2)C(=O)N1OS(=O)(=O)O. The van der Waals surface area contributed by atoms with Gasteiger partial charge in [-0.25, -0.2) is 4.98 Å². The molecule has 1 amide bonds. The van der Waals surface area contributed by atoms with Gasteiger partial charge in [0.2, 0.25) is 0 Å². The van der Waals surface area contributed by atoms with E-state index in [1.54, 1.807) is 0 Å². The van der Waals surface area contributed by atoms with Crippen LogP contribution in [0.25, 0.3) is 0 Å². The number of amides is 1. The molecule has 15 heteroatoms. The molecule has 1 saturated heterocycles. The van der Waals surface area contributed by atoms with Gasteiger partial charge in [-0.3, -0.25) is 14.1 Å². The number of likely N-dealkylation sites (N-methyl/N-ethyl adjacent to an activating group) is 1. The van der Waals surface area contributed by atoms with E-state index in [0.717, 1.165) is 30.8 Å². The molecule has 1 aromatic heterocycles. The van der Waals surface area contributed by atoms with E-state index in [4.69, 9.17) is 19.9 Å². The van der Waals surface area contributed by atoms with Crippen molar-refractivity contribution in [2.24, 2.45) is 11.1 Å². The van der Waals surface area contributed by atoms with E-state index in [9.17, 15) is 18.0 Å². The fourth-order valence-corrected chi connectivity index (χ4v) is 5.08. The molecule has 0 bridgehead atoms. The molecule has 0 radical (unpaired) electrons. The number of ether oxygens (including phenoxy) is 1. The van der Waals surface area contributed by atoms with E-state index in [1.165, 1.54) is 23.4 Å². The lowest BCUT2D eigenvalue weighted by Gasteiger charge is -2.41. The monoisotopic (exact) mass is 553 g/mol. The van der Waals surface area contributed by atoms with Gasteiger partial charge in [-0.1, -0.05) is 11.2 Å². The van der Waals surface area contributed by atoms with Crippen molar-refractivity contribution in [1.82, 2.24) is 14.9 Å². The number of hydroxylamine groups is 2. The Morgan fingerprint density at radius 2 is 2.11 bits per heavy atom. The summed E-state index contributed by atoms with van der Waals surface area (Å²) in [5.41, 5.74) is 8.29. The highest BCUT2D eigenvalue weighted by atomic mass is 32.3. The number of nitrogens with two attached hydrogens (primary N) is 1. The first-order valence-electron chi connectivity index (χ1n) is 11.4. The number of anilines is 1. The lowest BCUT2D eigenvalue weighted by atomic mass is 9.85. The summed E-state index contributed by atoms with van der Waals surface area (Å²) in [6, 6.07) is 5.20. The van der Waals surface area contributed by atoms with Gasteiger partial charge < -0.3 is 20.2 Å². The van der Waals surface area contributed by atoms with Crippen molar-refractivity contribution in [2.75, 3.05) is 32.5 Å². The quantitative estimate of drug-likeness (QED) is 0.134. The first kappa shape index (κ1) is 26.9. The lowest BCUT2D eigenvalue weighted by Crippen LogP contribution is -2.60. The summed E-state index contributed by atoms with van der Waals surface area (Å²) < 4.78 is 40.6. The number of Topliss-reactive ketones (excluding diaryl/α,β-unsaturated/α-hetero) is 1. The number of β-lactam (4-membered cyclic amide) rings is 1. The highest BCUT2D eigenvalue weighted by Crippen LogP contribution is 2.31. The molecule has 2 atom stereocenters. The van der Waals surface area contributed by atoms with Gasteiger partial charge in [0.05, 0.1) is 12.0 Å². The molecule has 13 nitrogen and oxygen atoms in total. The standard InChI is InChI=1S/C22H27N5O8S2/c1-13-17(21(29)27(13)35-37(30,31)32)10-19(28)20(18-12-36-22(23)24-18)25-34-8-7-33-16-4-3-15-11-26(2)6-5-14(15)9-16/h3-4,9,12-13,17H,5-8,10-11H2,1-2H3,(H2,23,24)(H,30,31,32)/b25-20-/t13-,17-/m0/s1. The normalized spacial score (nSPS) is 20.4. The van der Waals surface area contributed by atoms with Crippen LogP contribution in [-0.4, -0.2) is 78.2 Å². The van der Waals surface area contributed by atoms with Gasteiger partial charge >= 0.3 is 10.4 Å². The Hall–Kier alpha value is -3.11. The van der Waals surface area contributed by atoms with Gasteiger partial charge in [0.1, 0.15) is 18.1 Å². The minimum absolute atomic E-state index is 0.0466. The van der Waals surface area contributed by atoms with Crippen molar-refractivity contribution < 1.29 is 36.4 Å². The highest BCUT2D eigenvalue weighted by molar-refractivity contribution is 7.80. The Morgan fingerprint density at radius 1 is 1.32 bits per heavy atom. The molecule has 1 fully saturated rings. The molecule has 0 unspecified atom stereocenters. The van der Waals surface area contributed by atoms with Crippen LogP contribution < -0.4 is 10.5 Å². The van der Waals surface area contributed by atoms with Gasteiger partial charge in [-0.15, -0.1) is 15.6 Å². The summed E-state index contributed by atoms with van der Waals surface area (Å²) in [5, 5.41) is 6.19. The van der Waals surface area contributed by atoms with Crippen LogP contribution in [0.4, 0.5) is 5.13 Å². The molecule has 2 aromatic rings. The van der Waals surface area contributed by atoms with Crippen molar-refractivity contribution in [3.05, 3.63) is 40.4 Å². The fourth-order valence-electron chi connectivity index (χ4n) is 4.12. The Balaban J connectivity index is 1.34. The summed E-state index contributed by atoms with van der Waals surface area (Å²) in [4.78, 5) is 36.9. The summed E-state index contributed by atoms with van der Waals surface area (Å²) in [6.07, 6.45) is 0.652. The Morgan fingerprint density at radius 3 is 2.78 bits per heavy atom. The number of thiazole rings is 1. The van der Waals surface area contributed by atoms with Crippen molar-refractivity contribution in [3.8, 4) is 5.75 Å². The fraction of sp³-hybridized carbons (Fsp3) is 0.455. The Kier molecular flexibility index (Phi) is 8.08. The third-order valence-electron chi connectivity index (χ3n) is 6.08. The van der Waals surface area contributed by atoms with E-state index >= 15 is 0 Å². The molecule has 4 rings (SSSR count). The summed E-state index contributed by atoms with van der Waals surface area (Å²) in [7, 11) is -2.78. The summed E-state index contributed by atoms with van der Waals surface area (Å²) in [5.74, 6) is -1.47. The van der Waals surface area contributed by atoms with Crippen LogP contribution in [0, 0.1) is 5.92 Å². The summed E-state index contributed by atoms with van der Waals surface area (Å²) >= 11 is 1.11. The molecule has 2 aliphatic heterocycles. The average Bonchev–Trinajstić information content (AvgIpc) is 3.28. The zero-order valence-electron chi connectivity index (χ0n) is 20.2. The number of nitrogens with zero attached hydrogens (tertiary/aromatic N) is 4. The molecule has 37 heavy (non-hydrogen) atoms. The van der Waals surface area contributed by atoms with Crippen molar-refractivity contribution in [2.45, 2.75) is 32.4 Å². The van der Waals surface area contributed by atoms with Gasteiger partial charge in [-0.05, 0) is 43.7 Å². The Labute approximate surface area is 217 Å². The molecule has 200 valence electrons. The van der Waals surface area contributed by atoms with Crippen LogP contribution >= 0.6 is 11.3 Å². The second kappa shape index (κ2) is 11.1. The van der Waals surface area contributed by atoms with E-state index in [1.807, 2.05) is 18.2 Å². The second-order valence-electron chi connectivity index (χ2n) is 8.75. The molecule has 0 saturated carbocycles. The number of nitrogen functional groups attached to an aromatic ring is 1. The summed E-state index contributed by atoms with van der Waals surface area (Å²) in [6.45, 7) is 3.61. The first-order valence-corrected chi connectivity index (χ1v) is 13.6. The highest BCUT2D eigenvalue weighted by Gasteiger charge is 2.49. The zero-order chi connectivity index (χ0) is 26.7. The van der Waals surface area contributed by atoms with Gasteiger partial charge in [0, 0.05) is 24.9 Å². The third-order valence-corrected chi connectivity index (χ3v) is 7.10. The van der Waals surface area contributed by atoms with Crippen LogP contribution in [0.2, 0.25) is 0 Å². The van der Waals surface area contributed by atoms with E-state index < -0.39 is 34.0 Å². The molecule has 0 aliphatic carbocycles. The Bertz CT molecular complexity index is 1310. The predicted molar refractivity (Wildman–Crippen MR) is 133 cm³/mol. The number of carbonyl (C=O) groups excluding carboxylic acids is 2. The third kappa shape index (κ3) is 6.61. The molecular formula is C22H27N5O8S2. The van der Waals surface area contributed by atoms with Crippen molar-refractivity contribution in [1.29, 1.82) is 0 Å². The van der Waals surface area contributed by atoms with E-state index in [-0.39, 0.29) is 36.2 Å². The number of rotatable bonds is 11. The number of fused-ring (bicyclic) bond motifs is 1. The molecule has 3 N–H and O–H groups in total. The van der Waals surface area contributed by atoms with Crippen LogP contribution in [-0.2, 0) is 42.1 Å². The maximum atomic E-state index is 13.0. The smallest absolute Gasteiger partial charge is 0.418 e. The average molecular weight is 554 g/mol. The second-order valence-corrected chi connectivity index (χ2v) is 10.6. The van der Waals surface area contributed by atoms with Gasteiger partial charge in [-0.2, -0.15) is 13.5 Å². The van der Waals surface area contributed by atoms with Crippen LogP contribution in [0.5, 0.6) is 5.75 Å². The van der Waals surface area contributed by atoms with Gasteiger partial charge in [0.15, 0.2) is 23.2 Å². The molecule has 3 heterocycles. The topological polar surface area (TPSA) is 174 Å². The zero-order valence-corrected chi connectivity index (χ0v) is 21.8.